The minimum absolute atomic E-state index is 0.171. The number of nitrogens with zero attached hydrogens (tertiary/aromatic N) is 2. The molecule has 0 radical (unpaired) electrons. The quantitative estimate of drug-likeness (QED) is 0.646. The van der Waals surface area contributed by atoms with Crippen LogP contribution < -0.4 is 5.32 Å². The number of imidazole rings is 1. The molecule has 1 saturated carbocycles. The second-order valence-corrected chi connectivity index (χ2v) is 7.86. The number of H-pyrrole nitrogens is 1. The topological polar surface area (TPSA) is 81.6 Å². The van der Waals surface area contributed by atoms with Gasteiger partial charge in [-0.25, -0.2) is 4.98 Å². The highest BCUT2D eigenvalue weighted by molar-refractivity contribution is 7.98. The lowest BCUT2D eigenvalue weighted by atomic mass is 9.99. The van der Waals surface area contributed by atoms with Crippen molar-refractivity contribution in [3.05, 3.63) is 59.7 Å². The van der Waals surface area contributed by atoms with Gasteiger partial charge in [-0.2, -0.15) is 5.26 Å². The average molecular weight is 376 g/mol. The summed E-state index contributed by atoms with van der Waals surface area (Å²) >= 11 is 1.63. The zero-order chi connectivity index (χ0) is 18.7. The number of aromatic amines is 1. The fraction of sp³-hybridized carbons (Fsp3) is 0.286. The van der Waals surface area contributed by atoms with Gasteiger partial charge in [0.15, 0.2) is 5.16 Å². The molecule has 1 heterocycles. The Labute approximate surface area is 162 Å². The highest BCUT2D eigenvalue weighted by Gasteiger charge is 2.35. The maximum atomic E-state index is 12.5. The summed E-state index contributed by atoms with van der Waals surface area (Å²) in [6.45, 7) is 0. The fourth-order valence-corrected chi connectivity index (χ4v) is 4.28. The summed E-state index contributed by atoms with van der Waals surface area (Å²) in [5, 5.41) is 13.2. The summed E-state index contributed by atoms with van der Waals surface area (Å²) in [5.74, 6) is 0.596. The molecule has 1 aliphatic carbocycles. The maximum absolute atomic E-state index is 12.5. The number of amides is 1. The molecule has 0 bridgehead atoms. The number of nitriles is 1. The van der Waals surface area contributed by atoms with E-state index < -0.39 is 5.54 Å². The molecular weight excluding hydrogens is 356 g/mol. The Kier molecular flexibility index (Phi) is 4.87. The van der Waals surface area contributed by atoms with Crippen molar-refractivity contribution in [2.75, 3.05) is 0 Å². The molecule has 0 unspecified atom stereocenters. The summed E-state index contributed by atoms with van der Waals surface area (Å²) in [5.41, 5.74) is 3.02. The van der Waals surface area contributed by atoms with E-state index in [0.29, 0.717) is 5.56 Å². The van der Waals surface area contributed by atoms with Crippen LogP contribution in [-0.2, 0) is 5.75 Å². The summed E-state index contributed by atoms with van der Waals surface area (Å²) < 4.78 is 0. The maximum Gasteiger partial charge on any atom is 0.252 e. The van der Waals surface area contributed by atoms with Crippen molar-refractivity contribution in [1.29, 1.82) is 5.26 Å². The molecule has 2 aromatic carbocycles. The summed E-state index contributed by atoms with van der Waals surface area (Å²) in [7, 11) is 0. The number of carbonyl (C=O) groups excluding carboxylic acids is 1. The molecule has 136 valence electrons. The van der Waals surface area contributed by atoms with Gasteiger partial charge in [-0.3, -0.25) is 4.79 Å². The molecular formula is C21H20N4OS. The number of benzene rings is 2. The molecule has 5 nitrogen and oxygen atoms in total. The van der Waals surface area contributed by atoms with Gasteiger partial charge in [-0.05, 0) is 55.5 Å². The minimum atomic E-state index is -0.688. The van der Waals surface area contributed by atoms with Crippen LogP contribution in [0.5, 0.6) is 0 Å². The lowest BCUT2D eigenvalue weighted by molar-refractivity contribution is 0.0920. The van der Waals surface area contributed by atoms with Crippen molar-refractivity contribution < 1.29 is 4.79 Å². The summed E-state index contributed by atoms with van der Waals surface area (Å²) in [6.07, 6.45) is 3.46. The molecule has 3 aromatic rings. The van der Waals surface area contributed by atoms with E-state index in [1.807, 2.05) is 48.5 Å². The highest BCUT2D eigenvalue weighted by Crippen LogP contribution is 2.29. The second kappa shape index (κ2) is 7.45. The number of thioether (sulfide) groups is 1. The monoisotopic (exact) mass is 376 g/mol. The lowest BCUT2D eigenvalue weighted by Gasteiger charge is -2.22. The van der Waals surface area contributed by atoms with E-state index in [0.717, 1.165) is 53.2 Å². The van der Waals surface area contributed by atoms with Gasteiger partial charge in [0.1, 0.15) is 5.54 Å². The molecule has 1 aliphatic rings. The SMILES string of the molecule is N#CC1(NC(=O)c2ccc(CSc3nc4ccccc4[nH]3)cc2)CCCC1. The smallest absolute Gasteiger partial charge is 0.252 e. The predicted octanol–water partition coefficient (Wildman–Crippen LogP) is 4.42. The van der Waals surface area contributed by atoms with Crippen LogP contribution >= 0.6 is 11.8 Å². The molecule has 0 saturated heterocycles. The van der Waals surface area contributed by atoms with E-state index in [1.165, 1.54) is 0 Å². The van der Waals surface area contributed by atoms with E-state index in [2.05, 4.69) is 21.4 Å². The van der Waals surface area contributed by atoms with Gasteiger partial charge < -0.3 is 10.3 Å². The third-order valence-electron chi connectivity index (χ3n) is 4.98. The van der Waals surface area contributed by atoms with Gasteiger partial charge in [-0.15, -0.1) is 0 Å². The van der Waals surface area contributed by atoms with Crippen molar-refractivity contribution in [3.63, 3.8) is 0 Å². The molecule has 4 rings (SSSR count). The van der Waals surface area contributed by atoms with Gasteiger partial charge in [0, 0.05) is 11.3 Å². The molecule has 0 aliphatic heterocycles. The number of hydrogen-bond acceptors (Lipinski definition) is 4. The normalized spacial score (nSPS) is 15.5. The van der Waals surface area contributed by atoms with Crippen LogP contribution in [0.1, 0.15) is 41.6 Å². The van der Waals surface area contributed by atoms with Gasteiger partial charge in [-0.1, -0.05) is 36.0 Å². The molecule has 0 spiro atoms. The molecule has 2 N–H and O–H groups in total. The number of hydrogen-bond donors (Lipinski definition) is 2. The Balaban J connectivity index is 1.38. The zero-order valence-corrected chi connectivity index (χ0v) is 15.7. The molecule has 1 amide bonds. The van der Waals surface area contributed by atoms with Crippen LogP contribution in [0, 0.1) is 11.3 Å². The standard InChI is InChI=1S/C21H20N4OS/c22-14-21(11-3-4-12-21)25-19(26)16-9-7-15(8-10-16)13-27-20-23-17-5-1-2-6-18(17)24-20/h1-2,5-10H,3-4,11-13H2,(H,23,24)(H,25,26). The van der Waals surface area contributed by atoms with Crippen LogP contribution in [0.25, 0.3) is 11.0 Å². The summed E-state index contributed by atoms with van der Waals surface area (Å²) in [4.78, 5) is 20.3. The third kappa shape index (κ3) is 3.83. The van der Waals surface area contributed by atoms with Crippen molar-refractivity contribution in [2.45, 2.75) is 42.1 Å². The van der Waals surface area contributed by atoms with Crippen LogP contribution in [-0.4, -0.2) is 21.4 Å². The Morgan fingerprint density at radius 2 is 1.93 bits per heavy atom. The minimum Gasteiger partial charge on any atom is -0.334 e. The van der Waals surface area contributed by atoms with E-state index in [-0.39, 0.29) is 5.91 Å². The third-order valence-corrected chi connectivity index (χ3v) is 5.93. The van der Waals surface area contributed by atoms with Gasteiger partial charge in [0.05, 0.1) is 17.1 Å². The summed E-state index contributed by atoms with van der Waals surface area (Å²) in [6, 6.07) is 17.8. The van der Waals surface area contributed by atoms with E-state index in [9.17, 15) is 10.1 Å². The Hall–Kier alpha value is -2.78. The van der Waals surface area contributed by atoms with Crippen molar-refractivity contribution in [2.24, 2.45) is 0 Å². The number of carbonyl (C=O) groups is 1. The zero-order valence-electron chi connectivity index (χ0n) is 14.9. The lowest BCUT2D eigenvalue weighted by Crippen LogP contribution is -2.45. The molecule has 0 atom stereocenters. The fourth-order valence-electron chi connectivity index (χ4n) is 3.43. The average Bonchev–Trinajstić information content (AvgIpc) is 3.33. The number of rotatable bonds is 5. The Bertz CT molecular complexity index is 964. The van der Waals surface area contributed by atoms with Crippen LogP contribution in [0.15, 0.2) is 53.7 Å². The van der Waals surface area contributed by atoms with Crippen LogP contribution in [0.2, 0.25) is 0 Å². The van der Waals surface area contributed by atoms with E-state index >= 15 is 0 Å². The molecule has 1 fully saturated rings. The number of nitrogens with one attached hydrogen (secondary N) is 2. The first-order valence-corrected chi connectivity index (χ1v) is 10.1. The largest absolute Gasteiger partial charge is 0.334 e. The molecule has 1 aromatic heterocycles. The predicted molar refractivity (Wildman–Crippen MR) is 106 cm³/mol. The molecule has 6 heteroatoms. The van der Waals surface area contributed by atoms with E-state index in [4.69, 9.17) is 0 Å². The first kappa shape index (κ1) is 17.6. The van der Waals surface area contributed by atoms with Gasteiger partial charge in [0.2, 0.25) is 0 Å². The second-order valence-electron chi connectivity index (χ2n) is 6.90. The van der Waals surface area contributed by atoms with Crippen molar-refractivity contribution in [1.82, 2.24) is 15.3 Å². The first-order chi connectivity index (χ1) is 13.2. The highest BCUT2D eigenvalue weighted by atomic mass is 32.2. The first-order valence-electron chi connectivity index (χ1n) is 9.08. The number of para-hydroxylation sites is 2. The van der Waals surface area contributed by atoms with E-state index in [1.54, 1.807) is 11.8 Å². The van der Waals surface area contributed by atoms with Crippen LogP contribution in [0.4, 0.5) is 0 Å². The number of aromatic nitrogens is 2. The van der Waals surface area contributed by atoms with Gasteiger partial charge >= 0.3 is 0 Å². The Morgan fingerprint density at radius 1 is 1.19 bits per heavy atom. The van der Waals surface area contributed by atoms with Gasteiger partial charge in [0.25, 0.3) is 5.91 Å². The number of fused-ring (bicyclic) bond motifs is 1. The van der Waals surface area contributed by atoms with Crippen molar-refractivity contribution in [3.8, 4) is 6.07 Å². The Morgan fingerprint density at radius 3 is 2.63 bits per heavy atom. The molecule has 27 heavy (non-hydrogen) atoms. The van der Waals surface area contributed by atoms with Crippen LogP contribution in [0.3, 0.4) is 0 Å². The van der Waals surface area contributed by atoms with Crippen molar-refractivity contribution >= 4 is 28.7 Å².